The first-order valence-electron chi connectivity index (χ1n) is 11.1. The van der Waals surface area contributed by atoms with E-state index in [0.29, 0.717) is 38.8 Å². The smallest absolute Gasteiger partial charge is 0.161 e. The van der Waals surface area contributed by atoms with Gasteiger partial charge in [-0.05, 0) is 48.4 Å². The molecule has 7 heteroatoms. The second-order valence-electron chi connectivity index (χ2n) is 9.84. The van der Waals surface area contributed by atoms with Crippen LogP contribution in [0, 0.1) is 17.2 Å². The van der Waals surface area contributed by atoms with Crippen molar-refractivity contribution >= 4 is 39.2 Å². The molecule has 0 radical (unpaired) electrons. The zero-order valence-electron chi connectivity index (χ0n) is 18.9. The molecule has 0 unspecified atom stereocenters. The first-order valence-corrected chi connectivity index (χ1v) is 11.4. The van der Waals surface area contributed by atoms with Gasteiger partial charge >= 0.3 is 0 Å². The van der Waals surface area contributed by atoms with Gasteiger partial charge in [0.15, 0.2) is 11.5 Å². The van der Waals surface area contributed by atoms with Crippen molar-refractivity contribution in [2.75, 3.05) is 18.0 Å². The van der Waals surface area contributed by atoms with Crippen molar-refractivity contribution in [2.45, 2.75) is 33.6 Å². The number of aryl methyl sites for hydroxylation is 1. The highest BCUT2D eigenvalue weighted by atomic mass is 35.5. The van der Waals surface area contributed by atoms with Crippen molar-refractivity contribution in [3.05, 3.63) is 47.5 Å². The van der Waals surface area contributed by atoms with E-state index in [9.17, 15) is 4.39 Å². The van der Waals surface area contributed by atoms with Crippen LogP contribution in [0.25, 0.3) is 33.2 Å². The van der Waals surface area contributed by atoms with Crippen molar-refractivity contribution in [2.24, 2.45) is 18.4 Å². The van der Waals surface area contributed by atoms with Gasteiger partial charge in [-0.3, -0.25) is 4.68 Å². The van der Waals surface area contributed by atoms with Crippen LogP contribution in [0.1, 0.15) is 33.6 Å². The van der Waals surface area contributed by atoms with Gasteiger partial charge in [0.05, 0.1) is 22.6 Å². The summed E-state index contributed by atoms with van der Waals surface area (Å²) in [6.07, 6.45) is 6.21. The molecule has 1 saturated carbocycles. The SMILES string of the molecule is CC(C)CN(CC1(C)CC1)c1cnc2nc(-c3cc(F)c4nn(C)cc4c3)cc(Cl)c2c1. The van der Waals surface area contributed by atoms with Crippen LogP contribution in [-0.2, 0) is 7.05 Å². The van der Waals surface area contributed by atoms with Gasteiger partial charge in [0, 0.05) is 42.7 Å². The first kappa shape index (κ1) is 21.1. The van der Waals surface area contributed by atoms with Crippen LogP contribution >= 0.6 is 11.6 Å². The summed E-state index contributed by atoms with van der Waals surface area (Å²) in [6, 6.07) is 7.21. The standard InChI is InChI=1S/C25H27ClFN5/c1-15(2)12-32(14-25(3)5-6-25)18-9-19-20(26)10-22(29-24(19)28-11-18)16-7-17-13-31(4)30-23(17)21(27)8-16/h7-11,13,15H,5-6,12,14H2,1-4H3. The molecule has 0 aliphatic heterocycles. The molecule has 1 aliphatic carbocycles. The Hall–Kier alpha value is -2.73. The van der Waals surface area contributed by atoms with E-state index in [2.05, 4.69) is 41.8 Å². The lowest BCUT2D eigenvalue weighted by atomic mass is 10.1. The summed E-state index contributed by atoms with van der Waals surface area (Å²) in [4.78, 5) is 11.8. The molecule has 0 saturated heterocycles. The summed E-state index contributed by atoms with van der Waals surface area (Å²) in [5, 5.41) is 6.27. The molecule has 32 heavy (non-hydrogen) atoms. The molecule has 1 aliphatic rings. The topological polar surface area (TPSA) is 46.8 Å². The Labute approximate surface area is 192 Å². The number of anilines is 1. The summed E-state index contributed by atoms with van der Waals surface area (Å²) in [6.45, 7) is 8.79. The van der Waals surface area contributed by atoms with Crippen LogP contribution in [0.5, 0.6) is 0 Å². The van der Waals surface area contributed by atoms with Crippen LogP contribution < -0.4 is 4.90 Å². The fraction of sp³-hybridized carbons (Fsp3) is 0.400. The highest BCUT2D eigenvalue weighted by molar-refractivity contribution is 6.35. The maximum atomic E-state index is 14.6. The van der Waals surface area contributed by atoms with Gasteiger partial charge in [-0.25, -0.2) is 14.4 Å². The fourth-order valence-electron chi connectivity index (χ4n) is 4.27. The fourth-order valence-corrected chi connectivity index (χ4v) is 4.51. The zero-order valence-corrected chi connectivity index (χ0v) is 19.6. The molecular formula is C25H27ClFN5. The van der Waals surface area contributed by atoms with Gasteiger partial charge in [-0.15, -0.1) is 0 Å². The minimum Gasteiger partial charge on any atom is -0.369 e. The van der Waals surface area contributed by atoms with Crippen molar-refractivity contribution in [3.8, 4) is 11.3 Å². The van der Waals surface area contributed by atoms with Crippen molar-refractivity contribution in [1.82, 2.24) is 19.7 Å². The summed E-state index contributed by atoms with van der Waals surface area (Å²) in [5.74, 6) is 0.165. The minimum atomic E-state index is -0.377. The molecule has 0 spiro atoms. The molecule has 4 aromatic rings. The molecule has 0 N–H and O–H groups in total. The third kappa shape index (κ3) is 4.04. The van der Waals surface area contributed by atoms with Crippen LogP contribution in [-0.4, -0.2) is 32.8 Å². The van der Waals surface area contributed by atoms with E-state index >= 15 is 0 Å². The number of aromatic nitrogens is 4. The number of hydrogen-bond donors (Lipinski definition) is 0. The molecule has 5 nitrogen and oxygen atoms in total. The normalized spacial score (nSPS) is 15.1. The Bertz CT molecular complexity index is 1330. The predicted molar refractivity (Wildman–Crippen MR) is 129 cm³/mol. The highest BCUT2D eigenvalue weighted by Gasteiger charge is 2.39. The van der Waals surface area contributed by atoms with E-state index in [1.165, 1.54) is 18.9 Å². The Balaban J connectivity index is 1.54. The number of rotatable bonds is 6. The lowest BCUT2D eigenvalue weighted by molar-refractivity contribution is 0.514. The molecule has 0 atom stereocenters. The van der Waals surface area contributed by atoms with Gasteiger partial charge in [-0.2, -0.15) is 5.10 Å². The van der Waals surface area contributed by atoms with E-state index in [1.54, 1.807) is 24.0 Å². The summed E-state index contributed by atoms with van der Waals surface area (Å²) < 4.78 is 16.2. The molecular weight excluding hydrogens is 425 g/mol. The van der Waals surface area contributed by atoms with E-state index in [-0.39, 0.29) is 5.82 Å². The Kier molecular flexibility index (Phi) is 5.08. The first-order chi connectivity index (χ1) is 15.2. The van der Waals surface area contributed by atoms with Gasteiger partial charge in [-0.1, -0.05) is 32.4 Å². The van der Waals surface area contributed by atoms with E-state index in [0.717, 1.165) is 29.5 Å². The van der Waals surface area contributed by atoms with Gasteiger partial charge in [0.2, 0.25) is 0 Å². The lowest BCUT2D eigenvalue weighted by Crippen LogP contribution is -2.32. The summed E-state index contributed by atoms with van der Waals surface area (Å²) in [7, 11) is 1.78. The number of nitrogens with zero attached hydrogens (tertiary/aromatic N) is 5. The Morgan fingerprint density at radius 1 is 1.22 bits per heavy atom. The van der Waals surface area contributed by atoms with Crippen LogP contribution in [0.2, 0.25) is 5.02 Å². The van der Waals surface area contributed by atoms with Crippen molar-refractivity contribution < 1.29 is 4.39 Å². The average molecular weight is 452 g/mol. The van der Waals surface area contributed by atoms with Crippen LogP contribution in [0.3, 0.4) is 0 Å². The maximum absolute atomic E-state index is 14.6. The molecule has 3 aromatic heterocycles. The second-order valence-corrected chi connectivity index (χ2v) is 10.2. The van der Waals surface area contributed by atoms with Gasteiger partial charge in [0.1, 0.15) is 5.52 Å². The quantitative estimate of drug-likeness (QED) is 0.348. The van der Waals surface area contributed by atoms with Gasteiger partial charge in [0.25, 0.3) is 0 Å². The second kappa shape index (κ2) is 7.69. The molecule has 0 bridgehead atoms. The van der Waals surface area contributed by atoms with E-state index in [1.807, 2.05) is 12.3 Å². The average Bonchev–Trinajstić information content (AvgIpc) is 3.32. The molecule has 5 rings (SSSR count). The number of hydrogen-bond acceptors (Lipinski definition) is 4. The number of pyridine rings is 2. The Morgan fingerprint density at radius 3 is 2.72 bits per heavy atom. The van der Waals surface area contributed by atoms with E-state index < -0.39 is 0 Å². The molecule has 3 heterocycles. The van der Waals surface area contributed by atoms with Crippen molar-refractivity contribution in [1.29, 1.82) is 0 Å². The molecule has 1 aromatic carbocycles. The van der Waals surface area contributed by atoms with Crippen LogP contribution in [0.15, 0.2) is 36.7 Å². The third-order valence-electron chi connectivity index (χ3n) is 6.20. The number of benzene rings is 1. The monoisotopic (exact) mass is 451 g/mol. The number of halogens is 2. The third-order valence-corrected chi connectivity index (χ3v) is 6.51. The summed E-state index contributed by atoms with van der Waals surface area (Å²) >= 11 is 6.69. The number of fused-ring (bicyclic) bond motifs is 2. The zero-order chi connectivity index (χ0) is 22.6. The minimum absolute atomic E-state index is 0.348. The molecule has 1 fully saturated rings. The Morgan fingerprint density at radius 2 is 2.00 bits per heavy atom. The van der Waals surface area contributed by atoms with Crippen molar-refractivity contribution in [3.63, 3.8) is 0 Å². The predicted octanol–water partition coefficient (Wildman–Crippen LogP) is 6.24. The molecule has 166 valence electrons. The van der Waals surface area contributed by atoms with E-state index in [4.69, 9.17) is 16.6 Å². The van der Waals surface area contributed by atoms with Gasteiger partial charge < -0.3 is 4.90 Å². The summed E-state index contributed by atoms with van der Waals surface area (Å²) in [5.41, 5.74) is 3.62. The maximum Gasteiger partial charge on any atom is 0.161 e. The van der Waals surface area contributed by atoms with Crippen LogP contribution in [0.4, 0.5) is 10.1 Å². The largest absolute Gasteiger partial charge is 0.369 e. The lowest BCUT2D eigenvalue weighted by Gasteiger charge is -2.29. The highest BCUT2D eigenvalue weighted by Crippen LogP contribution is 2.46. The molecule has 0 amide bonds.